The number of aliphatic carboxylic acids is 1. The first-order valence-corrected chi connectivity index (χ1v) is 14.4. The van der Waals surface area contributed by atoms with Gasteiger partial charge in [0.15, 0.2) is 11.4 Å². The predicted octanol–water partition coefficient (Wildman–Crippen LogP) is 3.21. The van der Waals surface area contributed by atoms with Gasteiger partial charge in [-0.3, -0.25) is 14.5 Å². The molecule has 0 radical (unpaired) electrons. The summed E-state index contributed by atoms with van der Waals surface area (Å²) in [5.74, 6) is -0.525. The van der Waals surface area contributed by atoms with Gasteiger partial charge in [-0.2, -0.15) is 0 Å². The van der Waals surface area contributed by atoms with Crippen LogP contribution in [-0.4, -0.2) is 61.9 Å². The Balaban J connectivity index is 1.35. The monoisotopic (exact) mass is 535 g/mol. The molecule has 2 aliphatic carbocycles. The van der Waals surface area contributed by atoms with Gasteiger partial charge in [-0.05, 0) is 68.9 Å². The fourth-order valence-electron chi connectivity index (χ4n) is 8.16. The third kappa shape index (κ3) is 5.06. The summed E-state index contributed by atoms with van der Waals surface area (Å²) in [6, 6.07) is 8.85. The van der Waals surface area contributed by atoms with Crippen molar-refractivity contribution < 1.29 is 19.5 Å². The zero-order valence-corrected chi connectivity index (χ0v) is 22.2. The number of piperidine rings is 2. The summed E-state index contributed by atoms with van der Waals surface area (Å²) in [6.07, 6.45) is 13.4. The van der Waals surface area contributed by atoms with Crippen LogP contribution in [0.2, 0.25) is 0 Å². The van der Waals surface area contributed by atoms with Crippen molar-refractivity contribution in [1.29, 1.82) is 0 Å². The highest BCUT2D eigenvalue weighted by Crippen LogP contribution is 2.47. The molecule has 3 heterocycles. The van der Waals surface area contributed by atoms with E-state index in [1.54, 1.807) is 10.6 Å². The van der Waals surface area contributed by atoms with Crippen LogP contribution < -0.4 is 11.3 Å². The second kappa shape index (κ2) is 10.7. The molecule has 2 aromatic rings. The van der Waals surface area contributed by atoms with E-state index in [1.165, 1.54) is 44.9 Å². The van der Waals surface area contributed by atoms with Crippen LogP contribution in [0.3, 0.4) is 0 Å². The number of para-hydroxylation sites is 2. The van der Waals surface area contributed by atoms with E-state index >= 15 is 0 Å². The molecule has 2 saturated heterocycles. The molecule has 1 aromatic heterocycles. The minimum atomic E-state index is -1.26. The van der Waals surface area contributed by atoms with Crippen molar-refractivity contribution in [3.63, 3.8) is 0 Å². The lowest BCUT2D eigenvalue weighted by atomic mass is 9.68. The van der Waals surface area contributed by atoms with E-state index in [9.17, 15) is 14.4 Å². The van der Waals surface area contributed by atoms with Crippen molar-refractivity contribution in [2.75, 3.05) is 6.61 Å². The maximum atomic E-state index is 14.0. The SMILES string of the molecule is NC(=O)C(=NOCC(=O)O)c1nc2ccccc2n(C2C[C@H]3CCC[C@@H](C2)N3C2CC3CCCC(C3)C2)c1=O. The Bertz CT molecular complexity index is 1330. The first kappa shape index (κ1) is 26.0. The third-order valence-corrected chi connectivity index (χ3v) is 9.49. The topological polar surface area (TPSA) is 140 Å². The number of carbonyl (C=O) groups is 2. The van der Waals surface area contributed by atoms with E-state index in [0.29, 0.717) is 29.2 Å². The van der Waals surface area contributed by atoms with Crippen LogP contribution >= 0.6 is 0 Å². The van der Waals surface area contributed by atoms with Crippen molar-refractivity contribution in [2.24, 2.45) is 22.7 Å². The highest BCUT2D eigenvalue weighted by Gasteiger charge is 2.45. The van der Waals surface area contributed by atoms with Gasteiger partial charge in [-0.25, -0.2) is 9.78 Å². The Labute approximate surface area is 227 Å². The first-order valence-electron chi connectivity index (χ1n) is 14.4. The van der Waals surface area contributed by atoms with Crippen LogP contribution in [0.5, 0.6) is 0 Å². The van der Waals surface area contributed by atoms with E-state index in [2.05, 4.69) is 15.0 Å². The Kier molecular flexibility index (Phi) is 7.14. The maximum absolute atomic E-state index is 14.0. The quantitative estimate of drug-likeness (QED) is 0.410. The normalized spacial score (nSPS) is 31.1. The highest BCUT2D eigenvalue weighted by atomic mass is 16.6. The second-order valence-electron chi connectivity index (χ2n) is 11.9. The minimum absolute atomic E-state index is 0.0483. The largest absolute Gasteiger partial charge is 0.479 e. The number of oxime groups is 1. The fraction of sp³-hybridized carbons (Fsp3) is 0.621. The summed E-state index contributed by atoms with van der Waals surface area (Å²) < 4.78 is 1.78. The predicted molar refractivity (Wildman–Crippen MR) is 145 cm³/mol. The van der Waals surface area contributed by atoms with Gasteiger partial charge in [0.05, 0.1) is 11.0 Å². The number of fused-ring (bicyclic) bond motifs is 5. The smallest absolute Gasteiger partial charge is 0.344 e. The van der Waals surface area contributed by atoms with E-state index in [-0.39, 0.29) is 11.7 Å². The van der Waals surface area contributed by atoms with Gasteiger partial charge < -0.3 is 20.2 Å². The number of primary amides is 1. The van der Waals surface area contributed by atoms with Gasteiger partial charge in [0.2, 0.25) is 6.61 Å². The number of amides is 1. The van der Waals surface area contributed by atoms with Crippen molar-refractivity contribution in [3.05, 3.63) is 40.3 Å². The van der Waals surface area contributed by atoms with Gasteiger partial charge >= 0.3 is 5.97 Å². The molecule has 0 spiro atoms. The summed E-state index contributed by atoms with van der Waals surface area (Å²) in [4.78, 5) is 49.2. The number of nitrogens with zero attached hydrogens (tertiary/aromatic N) is 4. The molecule has 4 aliphatic rings. The molecule has 4 fully saturated rings. The van der Waals surface area contributed by atoms with Crippen molar-refractivity contribution in [2.45, 2.75) is 94.8 Å². The molecule has 3 N–H and O–H groups in total. The fourth-order valence-corrected chi connectivity index (χ4v) is 8.16. The number of aromatic nitrogens is 2. The maximum Gasteiger partial charge on any atom is 0.344 e. The number of carboxylic acids is 1. The van der Waals surface area contributed by atoms with Gasteiger partial charge in [0.1, 0.15) is 0 Å². The molecular weight excluding hydrogens is 498 g/mol. The summed E-state index contributed by atoms with van der Waals surface area (Å²) in [6.45, 7) is -0.761. The molecule has 39 heavy (non-hydrogen) atoms. The number of rotatable bonds is 7. The Morgan fingerprint density at radius 2 is 1.62 bits per heavy atom. The molecule has 4 bridgehead atoms. The number of carbonyl (C=O) groups excluding carboxylic acids is 1. The molecule has 10 nitrogen and oxygen atoms in total. The third-order valence-electron chi connectivity index (χ3n) is 9.49. The molecule has 208 valence electrons. The summed E-state index contributed by atoms with van der Waals surface area (Å²) >= 11 is 0. The van der Waals surface area contributed by atoms with Crippen LogP contribution in [0.25, 0.3) is 11.0 Å². The molecule has 10 heteroatoms. The van der Waals surface area contributed by atoms with Crippen molar-refractivity contribution >= 4 is 28.6 Å². The molecule has 5 atom stereocenters. The molecule has 6 rings (SSSR count). The van der Waals surface area contributed by atoms with Gasteiger partial charge in [-0.15, -0.1) is 0 Å². The number of hydrogen-bond acceptors (Lipinski definition) is 7. The van der Waals surface area contributed by atoms with Crippen LogP contribution in [-0.2, 0) is 14.4 Å². The van der Waals surface area contributed by atoms with Gasteiger partial charge in [0, 0.05) is 24.2 Å². The molecular formula is C29H37N5O5. The molecule has 2 aliphatic heterocycles. The second-order valence-corrected chi connectivity index (χ2v) is 11.9. The van der Waals surface area contributed by atoms with Crippen LogP contribution in [0, 0.1) is 11.8 Å². The molecule has 2 saturated carbocycles. The lowest BCUT2D eigenvalue weighted by molar-refractivity contribution is -0.142. The van der Waals surface area contributed by atoms with Crippen LogP contribution in [0.1, 0.15) is 82.4 Å². The summed E-state index contributed by atoms with van der Waals surface area (Å²) in [5.41, 5.74) is 5.69. The molecule has 3 unspecified atom stereocenters. The zero-order valence-electron chi connectivity index (χ0n) is 22.2. The average Bonchev–Trinajstić information content (AvgIpc) is 2.90. The van der Waals surface area contributed by atoms with E-state index < -0.39 is 29.8 Å². The van der Waals surface area contributed by atoms with E-state index in [0.717, 1.165) is 37.5 Å². The first-order chi connectivity index (χ1) is 18.9. The van der Waals surface area contributed by atoms with Crippen molar-refractivity contribution in [3.8, 4) is 0 Å². The standard InChI is InChI=1S/C29H37N5O5/c30-28(37)26(32-39-16-25(35)36)27-29(38)34(24-10-2-1-9-23(24)31-27)22-14-19-7-4-8-20(15-22)33(19)21-12-17-5-3-6-18(11-17)13-21/h1-2,9-10,17-22H,3-8,11-16H2,(H2,30,37)(H,35,36)/t17?,18?,19-,20+,21?,22?. The Morgan fingerprint density at radius 3 is 2.28 bits per heavy atom. The number of nitrogens with two attached hydrogens (primary N) is 1. The lowest BCUT2D eigenvalue weighted by Gasteiger charge is -2.55. The highest BCUT2D eigenvalue weighted by molar-refractivity contribution is 6.44. The molecule has 1 amide bonds. The number of carboxylic acid groups (broad SMARTS) is 1. The zero-order chi connectivity index (χ0) is 27.1. The Morgan fingerprint density at radius 1 is 0.949 bits per heavy atom. The molecule has 1 aromatic carbocycles. The van der Waals surface area contributed by atoms with E-state index in [1.807, 2.05) is 18.2 Å². The van der Waals surface area contributed by atoms with Crippen LogP contribution in [0.4, 0.5) is 0 Å². The Hall–Kier alpha value is -3.27. The number of hydrogen-bond donors (Lipinski definition) is 2. The van der Waals surface area contributed by atoms with Gasteiger partial charge in [0.25, 0.3) is 11.5 Å². The van der Waals surface area contributed by atoms with Crippen LogP contribution in [0.15, 0.2) is 34.2 Å². The lowest BCUT2D eigenvalue weighted by Crippen LogP contribution is -2.58. The van der Waals surface area contributed by atoms with Gasteiger partial charge in [-0.1, -0.05) is 43.0 Å². The summed E-state index contributed by atoms with van der Waals surface area (Å²) in [5, 5.41) is 12.5. The summed E-state index contributed by atoms with van der Waals surface area (Å²) in [7, 11) is 0. The van der Waals surface area contributed by atoms with Crippen molar-refractivity contribution in [1.82, 2.24) is 14.5 Å². The number of benzene rings is 1. The average molecular weight is 536 g/mol. The minimum Gasteiger partial charge on any atom is -0.479 e. The van der Waals surface area contributed by atoms with E-state index in [4.69, 9.17) is 15.7 Å².